The summed E-state index contributed by atoms with van der Waals surface area (Å²) in [5, 5.41) is 12.3. The smallest absolute Gasteiger partial charge is 0.317 e. The Kier molecular flexibility index (Phi) is 6.56. The fourth-order valence-corrected chi connectivity index (χ4v) is 2.29. The van der Waals surface area contributed by atoms with Gasteiger partial charge in [-0.2, -0.15) is 13.2 Å². The third-order valence-electron chi connectivity index (χ3n) is 2.30. The molecule has 0 unspecified atom stereocenters. The lowest BCUT2D eigenvalue weighted by Gasteiger charge is -2.02. The number of rotatable bonds is 8. The van der Waals surface area contributed by atoms with Crippen LogP contribution in [-0.2, 0) is 12.8 Å². The number of nitrogens with zero attached hydrogens (tertiary/aromatic N) is 2. The van der Waals surface area contributed by atoms with E-state index in [1.165, 1.54) is 11.3 Å². The van der Waals surface area contributed by atoms with Crippen LogP contribution in [0.25, 0.3) is 0 Å². The van der Waals surface area contributed by atoms with E-state index in [2.05, 4.69) is 22.4 Å². The first kappa shape index (κ1) is 15.4. The molecule has 1 rings (SSSR count). The first-order chi connectivity index (χ1) is 8.51. The van der Waals surface area contributed by atoms with Crippen molar-refractivity contribution in [3.63, 3.8) is 0 Å². The highest BCUT2D eigenvalue weighted by atomic mass is 32.1. The maximum absolute atomic E-state index is 12.0. The highest BCUT2D eigenvalue weighted by Crippen LogP contribution is 2.23. The summed E-state index contributed by atoms with van der Waals surface area (Å²) < 4.78 is 36.1. The molecule has 104 valence electrons. The van der Waals surface area contributed by atoms with E-state index in [0.29, 0.717) is 5.01 Å². The third kappa shape index (κ3) is 6.90. The number of alkyl halides is 3. The summed E-state index contributed by atoms with van der Waals surface area (Å²) in [5.74, 6) is 0. The molecular weight excluding hydrogens is 263 g/mol. The van der Waals surface area contributed by atoms with E-state index in [-0.39, 0.29) is 6.42 Å². The van der Waals surface area contributed by atoms with Crippen LogP contribution >= 0.6 is 11.3 Å². The highest BCUT2D eigenvalue weighted by Gasteiger charge is 2.27. The van der Waals surface area contributed by atoms with E-state index in [4.69, 9.17) is 0 Å². The Bertz CT molecular complexity index is 339. The average Bonchev–Trinajstić information content (AvgIpc) is 2.73. The molecule has 0 bridgehead atoms. The second-order valence-electron chi connectivity index (χ2n) is 4.06. The number of aryl methyl sites for hydroxylation is 2. The van der Waals surface area contributed by atoms with Crippen molar-refractivity contribution in [2.24, 2.45) is 0 Å². The van der Waals surface area contributed by atoms with E-state index in [9.17, 15) is 13.2 Å². The summed E-state index contributed by atoms with van der Waals surface area (Å²) in [6.45, 7) is 4.00. The number of hydrogen-bond acceptors (Lipinski definition) is 4. The van der Waals surface area contributed by atoms with Crippen molar-refractivity contribution in [2.75, 3.05) is 13.1 Å². The van der Waals surface area contributed by atoms with Crippen LogP contribution in [-0.4, -0.2) is 29.5 Å². The molecule has 0 aliphatic rings. The van der Waals surface area contributed by atoms with E-state index in [1.807, 2.05) is 0 Å². The summed E-state index contributed by atoms with van der Waals surface area (Å²) in [6.07, 6.45) is -2.18. The predicted octanol–water partition coefficient (Wildman–Crippen LogP) is 2.97. The minimum Gasteiger partial charge on any atom is -0.317 e. The molecule has 1 aromatic rings. The standard InChI is InChI=1S/C11H18F3N3S/c1-2-7-15-8-3-4-9-16-17-10(18-9)5-6-11(12,13)14/h15H,2-8H2,1H3. The van der Waals surface area contributed by atoms with Crippen LogP contribution in [0, 0.1) is 0 Å². The topological polar surface area (TPSA) is 37.8 Å². The van der Waals surface area contributed by atoms with Gasteiger partial charge in [-0.25, -0.2) is 0 Å². The van der Waals surface area contributed by atoms with Gasteiger partial charge in [-0.3, -0.25) is 0 Å². The lowest BCUT2D eigenvalue weighted by Crippen LogP contribution is -2.16. The van der Waals surface area contributed by atoms with Crippen LogP contribution in [0.4, 0.5) is 13.2 Å². The van der Waals surface area contributed by atoms with E-state index >= 15 is 0 Å². The Morgan fingerprint density at radius 1 is 1.11 bits per heavy atom. The van der Waals surface area contributed by atoms with Crippen molar-refractivity contribution in [1.29, 1.82) is 0 Å². The van der Waals surface area contributed by atoms with Gasteiger partial charge in [0.2, 0.25) is 0 Å². The van der Waals surface area contributed by atoms with Gasteiger partial charge in [-0.05, 0) is 25.9 Å². The molecule has 0 saturated carbocycles. The monoisotopic (exact) mass is 281 g/mol. The fraction of sp³-hybridized carbons (Fsp3) is 0.818. The lowest BCUT2D eigenvalue weighted by molar-refractivity contribution is -0.134. The summed E-state index contributed by atoms with van der Waals surface area (Å²) in [6, 6.07) is 0. The molecular formula is C11H18F3N3S. The van der Waals surface area contributed by atoms with Gasteiger partial charge in [0.15, 0.2) is 0 Å². The van der Waals surface area contributed by atoms with Crippen molar-refractivity contribution < 1.29 is 13.2 Å². The van der Waals surface area contributed by atoms with Crippen LogP contribution in [0.15, 0.2) is 0 Å². The summed E-state index contributed by atoms with van der Waals surface area (Å²) in [4.78, 5) is 0. The van der Waals surface area contributed by atoms with Gasteiger partial charge in [0.05, 0.1) is 0 Å². The number of hydrogen-bond donors (Lipinski definition) is 1. The first-order valence-electron chi connectivity index (χ1n) is 6.10. The van der Waals surface area contributed by atoms with Gasteiger partial charge < -0.3 is 5.32 Å². The molecule has 0 amide bonds. The molecule has 0 radical (unpaired) electrons. The van der Waals surface area contributed by atoms with Crippen molar-refractivity contribution in [2.45, 2.75) is 45.2 Å². The Labute approximate surface area is 109 Å². The molecule has 0 fully saturated rings. The van der Waals surface area contributed by atoms with Gasteiger partial charge in [-0.1, -0.05) is 6.92 Å². The molecule has 1 N–H and O–H groups in total. The molecule has 7 heteroatoms. The van der Waals surface area contributed by atoms with Crippen LogP contribution < -0.4 is 5.32 Å². The van der Waals surface area contributed by atoms with Gasteiger partial charge in [-0.15, -0.1) is 21.5 Å². The minimum atomic E-state index is -4.12. The zero-order chi connectivity index (χ0) is 13.4. The summed E-state index contributed by atoms with van der Waals surface area (Å²) >= 11 is 1.29. The molecule has 0 saturated heterocycles. The van der Waals surface area contributed by atoms with Gasteiger partial charge >= 0.3 is 6.18 Å². The van der Waals surface area contributed by atoms with E-state index < -0.39 is 12.6 Å². The Hall–Kier alpha value is -0.690. The minimum absolute atomic E-state index is 0.0603. The molecule has 0 aromatic carbocycles. The van der Waals surface area contributed by atoms with E-state index in [1.54, 1.807) is 0 Å². The van der Waals surface area contributed by atoms with Crippen LogP contribution in [0.2, 0.25) is 0 Å². The number of nitrogens with one attached hydrogen (secondary N) is 1. The van der Waals surface area contributed by atoms with Gasteiger partial charge in [0.25, 0.3) is 0 Å². The quantitative estimate of drug-likeness (QED) is 0.744. The maximum Gasteiger partial charge on any atom is 0.389 e. The molecule has 0 aliphatic carbocycles. The Morgan fingerprint density at radius 3 is 2.39 bits per heavy atom. The van der Waals surface area contributed by atoms with Crippen LogP contribution in [0.1, 0.15) is 36.2 Å². The molecule has 0 spiro atoms. The maximum atomic E-state index is 12.0. The fourth-order valence-electron chi connectivity index (χ4n) is 1.41. The molecule has 0 atom stereocenters. The zero-order valence-electron chi connectivity index (χ0n) is 10.4. The van der Waals surface area contributed by atoms with Crippen LogP contribution in [0.3, 0.4) is 0 Å². The second-order valence-corrected chi connectivity index (χ2v) is 5.20. The average molecular weight is 281 g/mol. The predicted molar refractivity (Wildman–Crippen MR) is 65.8 cm³/mol. The highest BCUT2D eigenvalue weighted by molar-refractivity contribution is 7.11. The second kappa shape index (κ2) is 7.68. The Morgan fingerprint density at radius 2 is 1.78 bits per heavy atom. The molecule has 3 nitrogen and oxygen atoms in total. The van der Waals surface area contributed by atoms with Crippen LogP contribution in [0.5, 0.6) is 0 Å². The molecule has 18 heavy (non-hydrogen) atoms. The van der Waals surface area contributed by atoms with Gasteiger partial charge in [0, 0.05) is 19.3 Å². The zero-order valence-corrected chi connectivity index (χ0v) is 11.2. The SMILES string of the molecule is CCCNCCCc1nnc(CCC(F)(F)F)s1. The largest absolute Gasteiger partial charge is 0.389 e. The number of halogens is 3. The normalized spacial score (nSPS) is 12.0. The van der Waals surface area contributed by atoms with Crippen molar-refractivity contribution in [3.8, 4) is 0 Å². The number of aromatic nitrogens is 2. The lowest BCUT2D eigenvalue weighted by atomic mass is 10.3. The van der Waals surface area contributed by atoms with Crippen molar-refractivity contribution in [3.05, 3.63) is 10.0 Å². The molecule has 1 aromatic heterocycles. The van der Waals surface area contributed by atoms with Gasteiger partial charge in [0.1, 0.15) is 10.0 Å². The van der Waals surface area contributed by atoms with E-state index in [0.717, 1.165) is 37.4 Å². The Balaban J connectivity index is 2.22. The molecule has 0 aliphatic heterocycles. The van der Waals surface area contributed by atoms with Crippen molar-refractivity contribution in [1.82, 2.24) is 15.5 Å². The first-order valence-corrected chi connectivity index (χ1v) is 6.91. The van der Waals surface area contributed by atoms with Crippen molar-refractivity contribution >= 4 is 11.3 Å². The summed E-state index contributed by atoms with van der Waals surface area (Å²) in [5.41, 5.74) is 0. The summed E-state index contributed by atoms with van der Waals surface area (Å²) in [7, 11) is 0. The third-order valence-corrected chi connectivity index (χ3v) is 3.34. The molecule has 1 heterocycles.